The number of urea groups is 1. The van der Waals surface area contributed by atoms with Gasteiger partial charge in [0.1, 0.15) is 0 Å². The van der Waals surface area contributed by atoms with Gasteiger partial charge in [0, 0.05) is 12.6 Å². The molecule has 110 valence electrons. The van der Waals surface area contributed by atoms with Crippen LogP contribution in [0, 0.1) is 0 Å². The molecule has 4 nitrogen and oxygen atoms in total. The first-order valence-corrected chi connectivity index (χ1v) is 7.46. The van der Waals surface area contributed by atoms with Crippen LogP contribution < -0.4 is 5.32 Å². The molecule has 1 aromatic rings. The zero-order valence-corrected chi connectivity index (χ0v) is 12.1. The Morgan fingerprint density at radius 2 is 2.20 bits per heavy atom. The van der Waals surface area contributed by atoms with Gasteiger partial charge in [-0.15, -0.1) is 0 Å². The first-order chi connectivity index (χ1) is 9.74. The van der Waals surface area contributed by atoms with E-state index in [-0.39, 0.29) is 24.7 Å². The zero-order chi connectivity index (χ0) is 14.4. The maximum atomic E-state index is 12.3. The molecule has 2 atom stereocenters. The van der Waals surface area contributed by atoms with Gasteiger partial charge in [0.25, 0.3) is 0 Å². The van der Waals surface area contributed by atoms with Crippen molar-refractivity contribution in [1.82, 2.24) is 10.2 Å². The van der Waals surface area contributed by atoms with Gasteiger partial charge >= 0.3 is 6.03 Å². The predicted octanol–water partition coefficient (Wildman–Crippen LogP) is 2.17. The minimum absolute atomic E-state index is 0.00997. The third kappa shape index (κ3) is 3.73. The van der Waals surface area contributed by atoms with E-state index in [0.29, 0.717) is 0 Å². The number of nitrogens with zero attached hydrogens (tertiary/aromatic N) is 1. The Hall–Kier alpha value is -1.55. The molecule has 1 aliphatic rings. The summed E-state index contributed by atoms with van der Waals surface area (Å²) in [5.41, 5.74) is 1.24. The van der Waals surface area contributed by atoms with E-state index in [1.165, 1.54) is 5.56 Å². The number of benzene rings is 1. The van der Waals surface area contributed by atoms with Gasteiger partial charge in [-0.25, -0.2) is 4.79 Å². The molecule has 2 rings (SSSR count). The van der Waals surface area contributed by atoms with Crippen molar-refractivity contribution in [2.75, 3.05) is 13.2 Å². The molecular weight excluding hydrogens is 252 g/mol. The number of aliphatic hydroxyl groups is 1. The summed E-state index contributed by atoms with van der Waals surface area (Å²) in [6.45, 7) is 2.89. The number of carbonyl (C=O) groups is 1. The van der Waals surface area contributed by atoms with Gasteiger partial charge in [0.15, 0.2) is 0 Å². The molecule has 2 unspecified atom stereocenters. The highest BCUT2D eigenvalue weighted by molar-refractivity contribution is 5.75. The molecule has 4 heteroatoms. The molecule has 0 aromatic heterocycles. The van der Waals surface area contributed by atoms with Gasteiger partial charge < -0.3 is 15.3 Å². The van der Waals surface area contributed by atoms with E-state index in [2.05, 4.69) is 24.4 Å². The summed E-state index contributed by atoms with van der Waals surface area (Å²) in [7, 11) is 0. The Balaban J connectivity index is 1.91. The highest BCUT2D eigenvalue weighted by atomic mass is 16.3. The number of amides is 2. The summed E-state index contributed by atoms with van der Waals surface area (Å²) >= 11 is 0. The average Bonchev–Trinajstić information content (AvgIpc) is 2.96. The summed E-state index contributed by atoms with van der Waals surface area (Å²) in [6.07, 6.45) is 3.63. The largest absolute Gasteiger partial charge is 0.394 e. The highest BCUT2D eigenvalue weighted by Gasteiger charge is 2.28. The molecule has 0 saturated carbocycles. The number of rotatable bonds is 5. The van der Waals surface area contributed by atoms with Crippen LogP contribution in [-0.2, 0) is 6.42 Å². The van der Waals surface area contributed by atoms with Crippen molar-refractivity contribution in [3.05, 3.63) is 35.9 Å². The third-order valence-corrected chi connectivity index (χ3v) is 3.99. The Morgan fingerprint density at radius 1 is 1.45 bits per heavy atom. The van der Waals surface area contributed by atoms with Crippen LogP contribution in [0.1, 0.15) is 31.7 Å². The second-order valence-electron chi connectivity index (χ2n) is 5.42. The first-order valence-electron chi connectivity index (χ1n) is 7.46. The molecule has 1 fully saturated rings. The second kappa shape index (κ2) is 7.29. The Kier molecular flexibility index (Phi) is 5.41. The molecule has 1 saturated heterocycles. The monoisotopic (exact) mass is 276 g/mol. The molecule has 20 heavy (non-hydrogen) atoms. The van der Waals surface area contributed by atoms with E-state index >= 15 is 0 Å². The molecule has 1 aliphatic heterocycles. The summed E-state index contributed by atoms with van der Waals surface area (Å²) in [5, 5.41) is 12.4. The Labute approximate surface area is 120 Å². The van der Waals surface area contributed by atoms with Gasteiger partial charge in [-0.2, -0.15) is 0 Å². The molecular formula is C16H24N2O2. The van der Waals surface area contributed by atoms with E-state index in [1.54, 1.807) is 4.90 Å². The lowest BCUT2D eigenvalue weighted by atomic mass is 10.0. The van der Waals surface area contributed by atoms with Crippen LogP contribution in [0.25, 0.3) is 0 Å². The average molecular weight is 276 g/mol. The van der Waals surface area contributed by atoms with Crippen LogP contribution in [0.4, 0.5) is 4.79 Å². The van der Waals surface area contributed by atoms with E-state index in [9.17, 15) is 9.90 Å². The van der Waals surface area contributed by atoms with Crippen LogP contribution in [0.3, 0.4) is 0 Å². The predicted molar refractivity (Wildman–Crippen MR) is 79.6 cm³/mol. The molecule has 0 radical (unpaired) electrons. The summed E-state index contributed by atoms with van der Waals surface area (Å²) < 4.78 is 0. The maximum absolute atomic E-state index is 12.3. The van der Waals surface area contributed by atoms with Gasteiger partial charge in [-0.05, 0) is 31.2 Å². The van der Waals surface area contributed by atoms with Crippen molar-refractivity contribution >= 4 is 6.03 Å². The molecule has 0 spiro atoms. The van der Waals surface area contributed by atoms with Gasteiger partial charge in [0.2, 0.25) is 0 Å². The Bertz CT molecular complexity index is 422. The lowest BCUT2D eigenvalue weighted by molar-refractivity contribution is 0.154. The van der Waals surface area contributed by atoms with Gasteiger partial charge in [0.05, 0.1) is 12.6 Å². The fourth-order valence-corrected chi connectivity index (χ4v) is 2.75. The van der Waals surface area contributed by atoms with E-state index < -0.39 is 0 Å². The van der Waals surface area contributed by atoms with Gasteiger partial charge in [-0.1, -0.05) is 37.3 Å². The molecule has 0 aliphatic carbocycles. The van der Waals surface area contributed by atoms with E-state index in [0.717, 1.165) is 32.2 Å². The molecule has 0 bridgehead atoms. The first kappa shape index (κ1) is 14.9. The van der Waals surface area contributed by atoms with Gasteiger partial charge in [-0.3, -0.25) is 0 Å². The van der Waals surface area contributed by atoms with Crippen molar-refractivity contribution < 1.29 is 9.90 Å². The third-order valence-electron chi connectivity index (χ3n) is 3.99. The SMILES string of the molecule is CCC(Cc1ccccc1)NC(=O)N1CCCC1CO. The van der Waals surface area contributed by atoms with Crippen LogP contribution in [-0.4, -0.2) is 41.3 Å². The maximum Gasteiger partial charge on any atom is 0.317 e. The summed E-state index contributed by atoms with van der Waals surface area (Å²) in [4.78, 5) is 14.0. The van der Waals surface area contributed by atoms with Crippen molar-refractivity contribution in [3.63, 3.8) is 0 Å². The normalized spacial score (nSPS) is 19.9. The smallest absolute Gasteiger partial charge is 0.317 e. The number of aliphatic hydroxyl groups excluding tert-OH is 1. The zero-order valence-electron chi connectivity index (χ0n) is 12.1. The number of hydrogen-bond acceptors (Lipinski definition) is 2. The highest BCUT2D eigenvalue weighted by Crippen LogP contribution is 2.17. The molecule has 2 N–H and O–H groups in total. The van der Waals surface area contributed by atoms with Crippen molar-refractivity contribution in [2.45, 2.75) is 44.7 Å². The Morgan fingerprint density at radius 3 is 2.85 bits per heavy atom. The lowest BCUT2D eigenvalue weighted by Crippen LogP contribution is -2.48. The van der Waals surface area contributed by atoms with E-state index in [4.69, 9.17) is 0 Å². The fraction of sp³-hybridized carbons (Fsp3) is 0.562. The van der Waals surface area contributed by atoms with Crippen LogP contribution in [0.15, 0.2) is 30.3 Å². The topological polar surface area (TPSA) is 52.6 Å². The van der Waals surface area contributed by atoms with Crippen LogP contribution in [0.2, 0.25) is 0 Å². The van der Waals surface area contributed by atoms with Crippen molar-refractivity contribution in [1.29, 1.82) is 0 Å². The number of likely N-dealkylation sites (tertiary alicyclic amines) is 1. The van der Waals surface area contributed by atoms with Crippen LogP contribution in [0.5, 0.6) is 0 Å². The number of carbonyl (C=O) groups excluding carboxylic acids is 1. The lowest BCUT2D eigenvalue weighted by Gasteiger charge is -2.26. The van der Waals surface area contributed by atoms with E-state index in [1.807, 2.05) is 18.2 Å². The summed E-state index contributed by atoms with van der Waals surface area (Å²) in [5.74, 6) is 0. The van der Waals surface area contributed by atoms with Crippen LogP contribution >= 0.6 is 0 Å². The molecule has 1 aromatic carbocycles. The number of hydrogen-bond donors (Lipinski definition) is 2. The fourth-order valence-electron chi connectivity index (χ4n) is 2.75. The van der Waals surface area contributed by atoms with Crippen molar-refractivity contribution in [3.8, 4) is 0 Å². The minimum atomic E-state index is -0.0377. The quantitative estimate of drug-likeness (QED) is 0.866. The minimum Gasteiger partial charge on any atom is -0.394 e. The number of nitrogens with one attached hydrogen (secondary N) is 1. The molecule has 2 amide bonds. The van der Waals surface area contributed by atoms with Crippen molar-refractivity contribution in [2.24, 2.45) is 0 Å². The molecule has 1 heterocycles. The summed E-state index contributed by atoms with van der Waals surface area (Å²) in [6, 6.07) is 10.3. The second-order valence-corrected chi connectivity index (χ2v) is 5.42. The standard InChI is InChI=1S/C16H24N2O2/c1-2-14(11-13-7-4-3-5-8-13)17-16(20)18-10-6-9-15(18)12-19/h3-5,7-8,14-15,19H,2,6,9-12H2,1H3,(H,17,20).